The SMILES string of the molecule is CNCC(=O)NCCN. The first-order valence-corrected chi connectivity index (χ1v) is 2.92. The predicted molar refractivity (Wildman–Crippen MR) is 36.0 cm³/mol. The molecular weight excluding hydrogens is 118 g/mol. The molecule has 0 rings (SSSR count). The normalized spacial score (nSPS) is 9.11. The summed E-state index contributed by atoms with van der Waals surface area (Å²) in [6, 6.07) is 0. The van der Waals surface area contributed by atoms with E-state index < -0.39 is 0 Å². The van der Waals surface area contributed by atoms with E-state index in [1.54, 1.807) is 7.05 Å². The molecule has 0 saturated carbocycles. The molecule has 0 fully saturated rings. The highest BCUT2D eigenvalue weighted by atomic mass is 16.1. The highest BCUT2D eigenvalue weighted by molar-refractivity contribution is 5.77. The van der Waals surface area contributed by atoms with Crippen LogP contribution < -0.4 is 16.4 Å². The summed E-state index contributed by atoms with van der Waals surface area (Å²) in [5, 5.41) is 5.33. The van der Waals surface area contributed by atoms with E-state index in [0.29, 0.717) is 19.6 Å². The lowest BCUT2D eigenvalue weighted by Crippen LogP contribution is -2.35. The Morgan fingerprint density at radius 2 is 2.33 bits per heavy atom. The number of rotatable bonds is 4. The van der Waals surface area contributed by atoms with E-state index >= 15 is 0 Å². The fourth-order valence-corrected chi connectivity index (χ4v) is 0.435. The fraction of sp³-hybridized carbons (Fsp3) is 0.800. The van der Waals surface area contributed by atoms with E-state index in [1.165, 1.54) is 0 Å². The molecule has 0 aliphatic rings. The summed E-state index contributed by atoms with van der Waals surface area (Å²) in [6.45, 7) is 1.41. The molecule has 0 spiro atoms. The molecule has 4 N–H and O–H groups in total. The fourth-order valence-electron chi connectivity index (χ4n) is 0.435. The van der Waals surface area contributed by atoms with Crippen molar-refractivity contribution in [3.63, 3.8) is 0 Å². The van der Waals surface area contributed by atoms with Crippen LogP contribution in [0.2, 0.25) is 0 Å². The van der Waals surface area contributed by atoms with Crippen LogP contribution in [0.3, 0.4) is 0 Å². The van der Waals surface area contributed by atoms with Gasteiger partial charge in [0.15, 0.2) is 0 Å². The minimum atomic E-state index is -0.0112. The van der Waals surface area contributed by atoms with Crippen molar-refractivity contribution in [2.24, 2.45) is 5.73 Å². The van der Waals surface area contributed by atoms with E-state index in [0.717, 1.165) is 0 Å². The summed E-state index contributed by atoms with van der Waals surface area (Å²) in [7, 11) is 1.72. The molecule has 0 aliphatic heterocycles. The molecule has 4 nitrogen and oxygen atoms in total. The zero-order valence-electron chi connectivity index (χ0n) is 5.61. The minimum absolute atomic E-state index is 0.0112. The van der Waals surface area contributed by atoms with Crippen molar-refractivity contribution in [3.8, 4) is 0 Å². The maximum atomic E-state index is 10.6. The molecule has 0 unspecified atom stereocenters. The molecule has 54 valence electrons. The highest BCUT2D eigenvalue weighted by Crippen LogP contribution is 1.58. The lowest BCUT2D eigenvalue weighted by Gasteiger charge is -2.00. The maximum Gasteiger partial charge on any atom is 0.233 e. The first-order valence-electron chi connectivity index (χ1n) is 2.92. The lowest BCUT2D eigenvalue weighted by atomic mass is 10.5. The first-order chi connectivity index (χ1) is 4.31. The number of hydrogen-bond donors (Lipinski definition) is 3. The molecule has 0 saturated heterocycles. The molecule has 0 bridgehead atoms. The van der Waals surface area contributed by atoms with Gasteiger partial charge < -0.3 is 16.4 Å². The lowest BCUT2D eigenvalue weighted by molar-refractivity contribution is -0.120. The zero-order chi connectivity index (χ0) is 7.11. The van der Waals surface area contributed by atoms with Crippen molar-refractivity contribution in [2.45, 2.75) is 0 Å². The van der Waals surface area contributed by atoms with Crippen LogP contribution in [0.4, 0.5) is 0 Å². The summed E-state index contributed by atoms with van der Waals surface area (Å²) in [6.07, 6.45) is 0. The number of amides is 1. The Balaban J connectivity index is 3.06. The van der Waals surface area contributed by atoms with Gasteiger partial charge in [0.2, 0.25) is 5.91 Å². The number of carbonyl (C=O) groups excluding carboxylic acids is 1. The van der Waals surface area contributed by atoms with Crippen LogP contribution in [-0.4, -0.2) is 32.6 Å². The van der Waals surface area contributed by atoms with Crippen molar-refractivity contribution < 1.29 is 4.79 Å². The second kappa shape index (κ2) is 5.53. The van der Waals surface area contributed by atoms with Crippen LogP contribution in [0, 0.1) is 0 Å². The Hall–Kier alpha value is -0.610. The van der Waals surface area contributed by atoms with Gasteiger partial charge in [0.25, 0.3) is 0 Å². The Morgan fingerprint density at radius 3 is 2.78 bits per heavy atom. The van der Waals surface area contributed by atoms with Crippen molar-refractivity contribution in [1.29, 1.82) is 0 Å². The van der Waals surface area contributed by atoms with Gasteiger partial charge in [-0.25, -0.2) is 0 Å². The van der Waals surface area contributed by atoms with Crippen molar-refractivity contribution in [2.75, 3.05) is 26.7 Å². The summed E-state index contributed by atoms with van der Waals surface area (Å²) in [4.78, 5) is 10.6. The maximum absolute atomic E-state index is 10.6. The van der Waals surface area contributed by atoms with Crippen LogP contribution in [0.15, 0.2) is 0 Å². The van der Waals surface area contributed by atoms with Gasteiger partial charge in [-0.15, -0.1) is 0 Å². The van der Waals surface area contributed by atoms with Crippen molar-refractivity contribution in [1.82, 2.24) is 10.6 Å². The van der Waals surface area contributed by atoms with Gasteiger partial charge in [0.05, 0.1) is 6.54 Å². The Kier molecular flexibility index (Phi) is 5.15. The number of nitrogens with one attached hydrogen (secondary N) is 2. The number of hydrogen-bond acceptors (Lipinski definition) is 3. The monoisotopic (exact) mass is 131 g/mol. The second-order valence-corrected chi connectivity index (χ2v) is 1.67. The molecule has 0 radical (unpaired) electrons. The number of nitrogens with two attached hydrogens (primary N) is 1. The van der Waals surface area contributed by atoms with Crippen LogP contribution in [-0.2, 0) is 4.79 Å². The molecule has 4 heteroatoms. The van der Waals surface area contributed by atoms with Gasteiger partial charge in [-0.3, -0.25) is 4.79 Å². The molecule has 0 aromatic carbocycles. The van der Waals surface area contributed by atoms with Crippen molar-refractivity contribution >= 4 is 5.91 Å². The third-order valence-corrected chi connectivity index (χ3v) is 0.804. The largest absolute Gasteiger partial charge is 0.354 e. The average Bonchev–Trinajstić information content (AvgIpc) is 1.85. The second-order valence-electron chi connectivity index (χ2n) is 1.67. The predicted octanol–water partition coefficient (Wildman–Crippen LogP) is -1.72. The summed E-state index contributed by atoms with van der Waals surface area (Å²) in [5.74, 6) is -0.0112. The van der Waals surface area contributed by atoms with Gasteiger partial charge >= 0.3 is 0 Å². The molecule has 0 atom stereocenters. The quantitative estimate of drug-likeness (QED) is 0.425. The van der Waals surface area contributed by atoms with Crippen LogP contribution in [0.5, 0.6) is 0 Å². The molecule has 0 aromatic heterocycles. The summed E-state index contributed by atoms with van der Waals surface area (Å²) < 4.78 is 0. The van der Waals surface area contributed by atoms with Gasteiger partial charge in [-0.05, 0) is 7.05 Å². The third kappa shape index (κ3) is 5.26. The van der Waals surface area contributed by atoms with Crippen molar-refractivity contribution in [3.05, 3.63) is 0 Å². The molecule has 0 aliphatic carbocycles. The molecular formula is C5H13N3O. The molecule has 0 heterocycles. The molecule has 1 amide bonds. The highest BCUT2D eigenvalue weighted by Gasteiger charge is 1.93. The molecule has 0 aromatic rings. The van der Waals surface area contributed by atoms with E-state index in [9.17, 15) is 4.79 Å². The van der Waals surface area contributed by atoms with E-state index in [4.69, 9.17) is 5.73 Å². The number of carbonyl (C=O) groups is 1. The summed E-state index contributed by atoms with van der Waals surface area (Å²) in [5.41, 5.74) is 5.14. The zero-order valence-corrected chi connectivity index (χ0v) is 5.61. The minimum Gasteiger partial charge on any atom is -0.354 e. The van der Waals surface area contributed by atoms with Gasteiger partial charge in [-0.1, -0.05) is 0 Å². The van der Waals surface area contributed by atoms with Crippen LogP contribution in [0.1, 0.15) is 0 Å². The topological polar surface area (TPSA) is 67.2 Å². The van der Waals surface area contributed by atoms with E-state index in [-0.39, 0.29) is 5.91 Å². The van der Waals surface area contributed by atoms with Gasteiger partial charge in [0, 0.05) is 13.1 Å². The van der Waals surface area contributed by atoms with Crippen LogP contribution >= 0.6 is 0 Å². The van der Waals surface area contributed by atoms with Crippen LogP contribution in [0.25, 0.3) is 0 Å². The standard InChI is InChI=1S/C5H13N3O/c1-7-4-5(9)8-3-2-6/h7H,2-4,6H2,1H3,(H,8,9). The Bertz CT molecular complexity index is 84.3. The third-order valence-electron chi connectivity index (χ3n) is 0.804. The first kappa shape index (κ1) is 8.39. The Morgan fingerprint density at radius 1 is 1.67 bits per heavy atom. The van der Waals surface area contributed by atoms with E-state index in [1.807, 2.05) is 0 Å². The summed E-state index contributed by atoms with van der Waals surface area (Å²) >= 11 is 0. The van der Waals surface area contributed by atoms with E-state index in [2.05, 4.69) is 10.6 Å². The smallest absolute Gasteiger partial charge is 0.233 e. The number of likely N-dealkylation sites (N-methyl/N-ethyl adjacent to an activating group) is 1. The van der Waals surface area contributed by atoms with Gasteiger partial charge in [0.1, 0.15) is 0 Å². The van der Waals surface area contributed by atoms with Gasteiger partial charge in [-0.2, -0.15) is 0 Å². The average molecular weight is 131 g/mol. The Labute approximate surface area is 54.8 Å². The molecule has 9 heavy (non-hydrogen) atoms.